The highest BCUT2D eigenvalue weighted by Gasteiger charge is 1.92. The molecule has 0 atom stereocenters. The van der Waals surface area contributed by atoms with Crippen LogP contribution in [0.5, 0.6) is 0 Å². The molecule has 0 aliphatic heterocycles. The highest BCUT2D eigenvalue weighted by molar-refractivity contribution is 5.06. The molecule has 4 heteroatoms. The van der Waals surface area contributed by atoms with E-state index in [9.17, 15) is 0 Å². The lowest BCUT2D eigenvalue weighted by molar-refractivity contribution is 0.731. The lowest BCUT2D eigenvalue weighted by atomic mass is 10.4. The smallest absolute Gasteiger partial charge is 0.0596 e. The Morgan fingerprint density at radius 1 is 0.464 bits per heavy atom. The average molecular weight is 401 g/mol. The van der Waals surface area contributed by atoms with Crippen LogP contribution in [0.1, 0.15) is 106 Å². The van der Waals surface area contributed by atoms with Crippen molar-refractivity contribution in [1.82, 2.24) is 19.6 Å². The highest BCUT2D eigenvalue weighted by atomic mass is 15.3. The van der Waals surface area contributed by atoms with Crippen molar-refractivity contribution >= 4 is 0 Å². The molecule has 0 aliphatic carbocycles. The lowest BCUT2D eigenvalue weighted by Gasteiger charge is -1.87. The van der Waals surface area contributed by atoms with Crippen LogP contribution >= 0.6 is 0 Å². The molecule has 2 heterocycles. The van der Waals surface area contributed by atoms with Gasteiger partial charge in [-0.1, -0.05) is 83.1 Å². The Labute approximate surface area is 179 Å². The van der Waals surface area contributed by atoms with Crippen LogP contribution in [-0.4, -0.2) is 19.6 Å². The zero-order valence-electron chi connectivity index (χ0n) is 22.9. The fourth-order valence-corrected chi connectivity index (χ4v) is 1.48. The third-order valence-corrected chi connectivity index (χ3v) is 2.47. The molecule has 0 aliphatic rings. The van der Waals surface area contributed by atoms with Gasteiger partial charge in [-0.15, -0.1) is 0 Å². The molecule has 4 nitrogen and oxygen atoms in total. The zero-order valence-corrected chi connectivity index (χ0v) is 22.9. The minimum Gasteiger partial charge on any atom is -0.273 e. The highest BCUT2D eigenvalue weighted by Crippen LogP contribution is 1.97. The van der Waals surface area contributed by atoms with Crippen molar-refractivity contribution in [1.29, 1.82) is 0 Å². The summed E-state index contributed by atoms with van der Waals surface area (Å²) in [7, 11) is 3.89. The Hall–Kier alpha value is -1.58. The molecule has 2 aromatic heterocycles. The van der Waals surface area contributed by atoms with E-state index in [1.807, 2.05) is 134 Å². The van der Waals surface area contributed by atoms with Crippen molar-refractivity contribution in [3.8, 4) is 0 Å². The van der Waals surface area contributed by atoms with Crippen LogP contribution in [-0.2, 0) is 14.1 Å². The second-order valence-corrected chi connectivity index (χ2v) is 4.10. The summed E-state index contributed by atoms with van der Waals surface area (Å²) in [6.45, 7) is 32.1. The minimum absolute atomic E-state index is 1.09. The molecule has 172 valence electrons. The number of aromatic nitrogens is 4. The first kappa shape index (κ1) is 40.9. The van der Waals surface area contributed by atoms with Gasteiger partial charge in [-0.3, -0.25) is 9.36 Å². The quantitative estimate of drug-likeness (QED) is 0.446. The standard InChI is InChI=1S/2C6H10N2.6C2H6/c2*1-5-4-6(2)8(3)7-5;6*1-2/h2*4H,1-3H3;6*1-2H3. The van der Waals surface area contributed by atoms with Gasteiger partial charge in [0, 0.05) is 25.5 Å². The molecule has 0 radical (unpaired) electrons. The van der Waals surface area contributed by atoms with Crippen LogP contribution in [0, 0.1) is 27.7 Å². The Balaban J connectivity index is -0.0000000567. The van der Waals surface area contributed by atoms with Gasteiger partial charge < -0.3 is 0 Å². The van der Waals surface area contributed by atoms with E-state index >= 15 is 0 Å². The molecule has 0 amide bonds. The maximum atomic E-state index is 4.13. The second kappa shape index (κ2) is 36.4. The predicted octanol–water partition coefficient (Wildman–Crippen LogP) is 8.23. The van der Waals surface area contributed by atoms with E-state index in [0.29, 0.717) is 0 Å². The van der Waals surface area contributed by atoms with E-state index < -0.39 is 0 Å². The summed E-state index contributed by atoms with van der Waals surface area (Å²) in [6.07, 6.45) is 0. The molecular weight excluding hydrogens is 344 g/mol. The van der Waals surface area contributed by atoms with Gasteiger partial charge in [0.25, 0.3) is 0 Å². The SMILES string of the molecule is CC.CC.CC.CC.CC.CC.Cc1cc(C)n(C)n1.Cc1cc(C)n(C)n1. The first-order valence-corrected chi connectivity index (χ1v) is 11.3. The van der Waals surface area contributed by atoms with Gasteiger partial charge in [-0.25, -0.2) is 0 Å². The van der Waals surface area contributed by atoms with Gasteiger partial charge in [0.2, 0.25) is 0 Å². The fraction of sp³-hybridized carbons (Fsp3) is 0.750. The first-order chi connectivity index (χ1) is 13.4. The molecule has 0 saturated heterocycles. The van der Waals surface area contributed by atoms with Crippen molar-refractivity contribution < 1.29 is 0 Å². The van der Waals surface area contributed by atoms with Crippen LogP contribution in [0.3, 0.4) is 0 Å². The molecular formula is C24H56N4. The van der Waals surface area contributed by atoms with Gasteiger partial charge >= 0.3 is 0 Å². The summed E-state index contributed by atoms with van der Waals surface area (Å²) in [5, 5.41) is 8.25. The van der Waals surface area contributed by atoms with Gasteiger partial charge in [0.15, 0.2) is 0 Å². The normalized spacial score (nSPS) is 6.93. The number of hydrogen-bond donors (Lipinski definition) is 0. The van der Waals surface area contributed by atoms with Crippen LogP contribution in [0.2, 0.25) is 0 Å². The molecule has 0 saturated carbocycles. The largest absolute Gasteiger partial charge is 0.273 e. The van der Waals surface area contributed by atoms with Crippen LogP contribution in [0.4, 0.5) is 0 Å². The molecule has 0 spiro atoms. The molecule has 0 unspecified atom stereocenters. The van der Waals surface area contributed by atoms with Crippen molar-refractivity contribution in [3.63, 3.8) is 0 Å². The van der Waals surface area contributed by atoms with Gasteiger partial charge in [-0.05, 0) is 39.8 Å². The average Bonchev–Trinajstić information content (AvgIpc) is 3.22. The maximum absolute atomic E-state index is 4.13. The number of rotatable bonds is 0. The Kier molecular flexibility index (Phi) is 53.2. The van der Waals surface area contributed by atoms with E-state index in [-0.39, 0.29) is 0 Å². The Morgan fingerprint density at radius 2 is 0.643 bits per heavy atom. The van der Waals surface area contributed by atoms with Crippen molar-refractivity contribution in [3.05, 3.63) is 34.9 Å². The monoisotopic (exact) mass is 400 g/mol. The molecule has 0 aromatic carbocycles. The summed E-state index contributed by atoms with van der Waals surface area (Å²) in [4.78, 5) is 0. The van der Waals surface area contributed by atoms with Gasteiger partial charge in [0.1, 0.15) is 0 Å². The van der Waals surface area contributed by atoms with E-state index in [1.54, 1.807) is 0 Å². The summed E-state index contributed by atoms with van der Waals surface area (Å²) in [5.41, 5.74) is 4.60. The lowest BCUT2D eigenvalue weighted by Crippen LogP contribution is -1.91. The molecule has 0 N–H and O–H groups in total. The minimum atomic E-state index is 1.09. The third-order valence-electron chi connectivity index (χ3n) is 2.47. The van der Waals surface area contributed by atoms with E-state index in [0.717, 1.165) is 11.4 Å². The van der Waals surface area contributed by atoms with E-state index in [2.05, 4.69) is 22.3 Å². The van der Waals surface area contributed by atoms with E-state index in [4.69, 9.17) is 0 Å². The molecule has 2 aromatic rings. The number of hydrogen-bond acceptors (Lipinski definition) is 2. The molecule has 28 heavy (non-hydrogen) atoms. The Morgan fingerprint density at radius 3 is 0.679 bits per heavy atom. The fourth-order valence-electron chi connectivity index (χ4n) is 1.48. The topological polar surface area (TPSA) is 35.6 Å². The number of aryl methyl sites for hydroxylation is 6. The number of nitrogens with zero attached hydrogens (tertiary/aromatic N) is 4. The molecule has 0 bridgehead atoms. The predicted molar refractivity (Wildman–Crippen MR) is 133 cm³/mol. The summed E-state index contributed by atoms with van der Waals surface area (Å²) >= 11 is 0. The van der Waals surface area contributed by atoms with Crippen LogP contribution in [0.25, 0.3) is 0 Å². The Bertz CT molecular complexity index is 386. The second-order valence-electron chi connectivity index (χ2n) is 4.10. The van der Waals surface area contributed by atoms with Crippen molar-refractivity contribution in [2.45, 2.75) is 111 Å². The van der Waals surface area contributed by atoms with Crippen LogP contribution in [0.15, 0.2) is 12.1 Å². The summed E-state index contributed by atoms with van der Waals surface area (Å²) in [6, 6.07) is 4.11. The third kappa shape index (κ3) is 26.6. The van der Waals surface area contributed by atoms with Crippen LogP contribution < -0.4 is 0 Å². The first-order valence-electron chi connectivity index (χ1n) is 11.3. The summed E-state index contributed by atoms with van der Waals surface area (Å²) in [5.74, 6) is 0. The van der Waals surface area contributed by atoms with Crippen molar-refractivity contribution in [2.75, 3.05) is 0 Å². The van der Waals surface area contributed by atoms with E-state index in [1.165, 1.54) is 11.4 Å². The molecule has 0 fully saturated rings. The summed E-state index contributed by atoms with van der Waals surface area (Å²) < 4.78 is 3.74. The zero-order chi connectivity index (χ0) is 24.3. The van der Waals surface area contributed by atoms with Crippen molar-refractivity contribution in [2.24, 2.45) is 14.1 Å². The maximum Gasteiger partial charge on any atom is 0.0596 e. The molecule has 2 rings (SSSR count). The van der Waals surface area contributed by atoms with Gasteiger partial charge in [-0.2, -0.15) is 10.2 Å². The van der Waals surface area contributed by atoms with Gasteiger partial charge in [0.05, 0.1) is 11.4 Å².